The monoisotopic (exact) mass is 268 g/mol. The summed E-state index contributed by atoms with van der Waals surface area (Å²) in [5.74, 6) is 2.28. The molecule has 2 fully saturated rings. The number of carbonyl (C=O) groups excluding carboxylic acids is 1. The Morgan fingerprint density at radius 3 is 1.26 bits per heavy atom. The van der Waals surface area contributed by atoms with Crippen LogP contribution in [0, 0.1) is 23.3 Å². The molecule has 5 heteroatoms. The summed E-state index contributed by atoms with van der Waals surface area (Å²) < 4.78 is 0. The van der Waals surface area contributed by atoms with Crippen molar-refractivity contribution in [1.29, 1.82) is 5.26 Å². The van der Waals surface area contributed by atoms with E-state index in [4.69, 9.17) is 10.1 Å². The summed E-state index contributed by atoms with van der Waals surface area (Å²) >= 11 is 0. The van der Waals surface area contributed by atoms with Gasteiger partial charge in [0.2, 0.25) is 0 Å². The summed E-state index contributed by atoms with van der Waals surface area (Å²) in [6, 6.07) is -0.833. The molecule has 5 nitrogen and oxygen atoms in total. The van der Waals surface area contributed by atoms with Crippen LogP contribution < -0.4 is 17.2 Å². The molecule has 110 valence electrons. The number of amides is 2. The molecule has 0 aliphatic heterocycles. The molecular formula is C14H28N4O. The molecule has 0 bridgehead atoms. The second-order valence-corrected chi connectivity index (χ2v) is 5.33. The lowest BCUT2D eigenvalue weighted by Crippen LogP contribution is -2.20. The van der Waals surface area contributed by atoms with E-state index in [1.807, 2.05) is 0 Å². The summed E-state index contributed by atoms with van der Waals surface area (Å²) in [7, 11) is 0. The van der Waals surface area contributed by atoms with E-state index in [1.54, 1.807) is 25.7 Å². The van der Waals surface area contributed by atoms with Crippen LogP contribution in [0.4, 0.5) is 4.79 Å². The maximum absolute atomic E-state index is 9.00. The van der Waals surface area contributed by atoms with Crippen molar-refractivity contribution in [3.05, 3.63) is 0 Å². The lowest BCUT2D eigenvalue weighted by atomic mass is 9.73. The van der Waals surface area contributed by atoms with Crippen molar-refractivity contribution in [3.8, 4) is 6.19 Å². The molecule has 6 N–H and O–H groups in total. The van der Waals surface area contributed by atoms with Gasteiger partial charge in [-0.25, -0.2) is 4.79 Å². The molecule has 0 spiro atoms. The molecule has 0 atom stereocenters. The smallest absolute Gasteiger partial charge is 0.309 e. The third-order valence-electron chi connectivity index (χ3n) is 3.97. The van der Waals surface area contributed by atoms with Gasteiger partial charge in [0.25, 0.3) is 0 Å². The third-order valence-corrected chi connectivity index (χ3v) is 3.97. The maximum Gasteiger partial charge on any atom is 0.309 e. The predicted octanol–water partition coefficient (Wildman–Crippen LogP) is 2.60. The van der Waals surface area contributed by atoms with Gasteiger partial charge in [0.15, 0.2) is 6.19 Å². The molecule has 2 saturated carbocycles. The maximum atomic E-state index is 9.00. The topological polar surface area (TPSA) is 119 Å². The number of hydrogen-bond acceptors (Lipinski definition) is 3. The zero-order valence-electron chi connectivity index (χ0n) is 11.8. The van der Waals surface area contributed by atoms with Gasteiger partial charge in [0.05, 0.1) is 0 Å². The van der Waals surface area contributed by atoms with E-state index in [1.165, 1.54) is 44.7 Å². The number of rotatable bonds is 1. The van der Waals surface area contributed by atoms with Crippen molar-refractivity contribution in [2.45, 2.75) is 64.2 Å². The summed E-state index contributed by atoms with van der Waals surface area (Å²) in [6.45, 7) is 0. The molecule has 0 saturated heterocycles. The van der Waals surface area contributed by atoms with Crippen molar-refractivity contribution >= 4 is 6.03 Å². The van der Waals surface area contributed by atoms with Gasteiger partial charge in [-0.1, -0.05) is 64.2 Å². The highest BCUT2D eigenvalue weighted by molar-refractivity contribution is 5.69. The van der Waals surface area contributed by atoms with E-state index in [-0.39, 0.29) is 0 Å². The molecule has 0 aromatic rings. The molecule has 2 rings (SSSR count). The van der Waals surface area contributed by atoms with Gasteiger partial charge in [-0.2, -0.15) is 5.26 Å². The molecular weight excluding hydrogens is 240 g/mol. The summed E-state index contributed by atoms with van der Waals surface area (Å²) in [5.41, 5.74) is 12.7. The summed E-state index contributed by atoms with van der Waals surface area (Å²) in [5, 5.41) is 7.10. The van der Waals surface area contributed by atoms with E-state index >= 15 is 0 Å². The number of urea groups is 1. The van der Waals surface area contributed by atoms with Gasteiger partial charge in [0.1, 0.15) is 0 Å². The van der Waals surface area contributed by atoms with E-state index in [0.717, 1.165) is 11.8 Å². The second-order valence-electron chi connectivity index (χ2n) is 5.33. The van der Waals surface area contributed by atoms with Crippen LogP contribution >= 0.6 is 0 Å². The molecule has 0 radical (unpaired) electrons. The average molecular weight is 268 g/mol. The standard InChI is InChI=1S/C12H22.CH4N2O.CH2N2/c1-3-7-11(8-4-1)12-9-5-2-6-10-12;2-1(3)4;2-1-3/h11-12H,1-10H2;(H4,2,3,4);2H2. The number of hydrogen-bond donors (Lipinski definition) is 3. The minimum Gasteiger partial charge on any atom is -0.352 e. The van der Waals surface area contributed by atoms with E-state index in [9.17, 15) is 0 Å². The van der Waals surface area contributed by atoms with E-state index in [0.29, 0.717) is 0 Å². The summed E-state index contributed by atoms with van der Waals surface area (Å²) in [4.78, 5) is 9.00. The average Bonchev–Trinajstić information content (AvgIpc) is 2.41. The Kier molecular flexibility index (Phi) is 10.8. The first-order valence-electron chi connectivity index (χ1n) is 7.26. The normalized spacial score (nSPS) is 19.9. The number of nitrogens with zero attached hydrogens (tertiary/aromatic N) is 1. The molecule has 2 aliphatic carbocycles. The number of primary amides is 2. The minimum atomic E-state index is -0.833. The highest BCUT2D eigenvalue weighted by Gasteiger charge is 2.24. The van der Waals surface area contributed by atoms with Crippen LogP contribution in [-0.4, -0.2) is 6.03 Å². The lowest BCUT2D eigenvalue weighted by molar-refractivity contribution is 0.196. The third kappa shape index (κ3) is 10.2. The Morgan fingerprint density at radius 1 is 0.842 bits per heavy atom. The van der Waals surface area contributed by atoms with Crippen molar-refractivity contribution < 1.29 is 4.79 Å². The highest BCUT2D eigenvalue weighted by Crippen LogP contribution is 2.37. The van der Waals surface area contributed by atoms with Crippen LogP contribution in [0.3, 0.4) is 0 Å². The number of nitrogens with two attached hydrogens (primary N) is 3. The summed E-state index contributed by atoms with van der Waals surface area (Å²) in [6.07, 6.45) is 16.6. The van der Waals surface area contributed by atoms with E-state index < -0.39 is 6.03 Å². The predicted molar refractivity (Wildman–Crippen MR) is 76.7 cm³/mol. The molecule has 0 unspecified atom stereocenters. The van der Waals surface area contributed by atoms with Crippen LogP contribution in [0.1, 0.15) is 64.2 Å². The van der Waals surface area contributed by atoms with Gasteiger partial charge >= 0.3 is 6.03 Å². The quantitative estimate of drug-likeness (QED) is 0.500. The fraction of sp³-hybridized carbons (Fsp3) is 0.857. The molecule has 0 aromatic heterocycles. The van der Waals surface area contributed by atoms with Crippen LogP contribution in [-0.2, 0) is 0 Å². The largest absolute Gasteiger partial charge is 0.352 e. The van der Waals surface area contributed by atoms with Crippen LogP contribution in [0.2, 0.25) is 0 Å². The SMILES string of the molecule is C1CCC(C2CCCCC2)CC1.N#CN.NC(N)=O. The van der Waals surface area contributed by atoms with Crippen molar-refractivity contribution in [2.75, 3.05) is 0 Å². The van der Waals surface area contributed by atoms with Crippen molar-refractivity contribution in [1.82, 2.24) is 0 Å². The molecule has 2 aliphatic rings. The highest BCUT2D eigenvalue weighted by atomic mass is 16.2. The zero-order chi connectivity index (χ0) is 14.5. The Morgan fingerprint density at radius 2 is 1.05 bits per heavy atom. The van der Waals surface area contributed by atoms with Crippen LogP contribution in [0.5, 0.6) is 0 Å². The Balaban J connectivity index is 0.000000393. The van der Waals surface area contributed by atoms with Gasteiger partial charge in [-0.15, -0.1) is 0 Å². The number of nitriles is 1. The Hall–Kier alpha value is -1.44. The number of carbonyl (C=O) groups is 1. The van der Waals surface area contributed by atoms with Gasteiger partial charge in [-0.3, -0.25) is 0 Å². The van der Waals surface area contributed by atoms with Crippen LogP contribution in [0.15, 0.2) is 0 Å². The van der Waals surface area contributed by atoms with Crippen molar-refractivity contribution in [3.63, 3.8) is 0 Å². The molecule has 0 aromatic carbocycles. The first-order chi connectivity index (χ1) is 9.11. The Bertz CT molecular complexity index is 243. The molecule has 19 heavy (non-hydrogen) atoms. The Labute approximate surface area is 116 Å². The lowest BCUT2D eigenvalue weighted by Gasteiger charge is -2.32. The van der Waals surface area contributed by atoms with Crippen molar-refractivity contribution in [2.24, 2.45) is 29.0 Å². The van der Waals surface area contributed by atoms with Gasteiger partial charge < -0.3 is 17.2 Å². The first kappa shape index (κ1) is 17.6. The van der Waals surface area contributed by atoms with Gasteiger partial charge in [0, 0.05) is 0 Å². The zero-order valence-corrected chi connectivity index (χ0v) is 11.8. The minimum absolute atomic E-state index is 0.833. The fourth-order valence-electron chi connectivity index (χ4n) is 3.21. The van der Waals surface area contributed by atoms with Gasteiger partial charge in [-0.05, 0) is 11.8 Å². The molecule has 2 amide bonds. The molecule has 0 heterocycles. The van der Waals surface area contributed by atoms with Crippen LogP contribution in [0.25, 0.3) is 0 Å². The second kappa shape index (κ2) is 11.6. The van der Waals surface area contributed by atoms with E-state index in [2.05, 4.69) is 17.2 Å². The fourth-order valence-corrected chi connectivity index (χ4v) is 3.21. The first-order valence-corrected chi connectivity index (χ1v) is 7.26.